The van der Waals surface area contributed by atoms with Gasteiger partial charge in [-0.25, -0.2) is 9.13 Å². The van der Waals surface area contributed by atoms with Gasteiger partial charge in [0.2, 0.25) is 0 Å². The third-order valence-electron chi connectivity index (χ3n) is 12.9. The molecule has 2 rings (SSSR count). The Morgan fingerprint density at radius 2 is 1.37 bits per heavy atom. The van der Waals surface area contributed by atoms with Gasteiger partial charge in [-0.05, 0) is 51.4 Å². The summed E-state index contributed by atoms with van der Waals surface area (Å²) in [5, 5.41) is 68.2. The molecule has 1 heterocycles. The number of carbonyl (C=O) groups is 3. The summed E-state index contributed by atoms with van der Waals surface area (Å²) >= 11 is 0. The van der Waals surface area contributed by atoms with Crippen LogP contribution in [0, 0.1) is 11.8 Å². The first-order chi connectivity index (χ1) is 33.3. The van der Waals surface area contributed by atoms with Crippen LogP contribution in [0.1, 0.15) is 187 Å². The smallest absolute Gasteiger partial charge is 0.462 e. The SMILES string of the molecule is CCCCCCCC/C=C\CCCCCCCCCC(=O)OC[C@@H]1COP(=O)(O)O[C@H]2[C@H](O)[C@@H](O)[C@H](O)[C@@H](CCCCCCC(=O)O1)C(=O)C[C@@H](O)[C@H](/C=C/[C@@H](O)CCCCC)[C@@H](O)[C@H]2OP(=O)(O)O. The molecular formula is C49H88O19P2. The van der Waals surface area contributed by atoms with Gasteiger partial charge in [-0.1, -0.05) is 141 Å². The number of ketones is 1. The number of hydrogen-bond acceptors (Lipinski definition) is 16. The monoisotopic (exact) mass is 1040 g/mol. The zero-order valence-electron chi connectivity index (χ0n) is 41.7. The number of hydrogen-bond donors (Lipinski definition) is 9. The number of ether oxygens (including phenoxy) is 2. The predicted molar refractivity (Wildman–Crippen MR) is 261 cm³/mol. The Hall–Kier alpha value is -1.93. The van der Waals surface area contributed by atoms with Crippen LogP contribution >= 0.6 is 15.6 Å². The number of Topliss-reactive ketones (excluding diaryl/α,β-unsaturated/α-hetero) is 1. The van der Waals surface area contributed by atoms with Gasteiger partial charge in [0.25, 0.3) is 0 Å². The van der Waals surface area contributed by atoms with Crippen LogP contribution in [0.5, 0.6) is 0 Å². The summed E-state index contributed by atoms with van der Waals surface area (Å²) in [7, 11) is -11.5. The number of rotatable bonds is 27. The summed E-state index contributed by atoms with van der Waals surface area (Å²) in [5.74, 6) is -5.46. The Labute approximate surface area is 415 Å². The van der Waals surface area contributed by atoms with Gasteiger partial charge < -0.3 is 54.8 Å². The minimum Gasteiger partial charge on any atom is -0.462 e. The third-order valence-corrected chi connectivity index (χ3v) is 14.4. The molecule has 0 aromatic rings. The molecule has 9 N–H and O–H groups in total. The van der Waals surface area contributed by atoms with Gasteiger partial charge in [0.1, 0.15) is 36.8 Å². The number of aliphatic hydroxyl groups excluding tert-OH is 6. The number of phosphoric ester groups is 2. The second-order valence-electron chi connectivity index (χ2n) is 19.0. The van der Waals surface area contributed by atoms with Crippen LogP contribution < -0.4 is 0 Å². The van der Waals surface area contributed by atoms with Crippen LogP contribution in [-0.2, 0) is 46.6 Å². The summed E-state index contributed by atoms with van der Waals surface area (Å²) in [6.45, 7) is 2.59. The summed E-state index contributed by atoms with van der Waals surface area (Å²) in [6, 6.07) is 0. The lowest BCUT2D eigenvalue weighted by Gasteiger charge is -2.38. The second-order valence-corrected chi connectivity index (χ2v) is 21.6. The van der Waals surface area contributed by atoms with E-state index in [0.29, 0.717) is 32.1 Å². The average molecular weight is 1040 g/mol. The molecule has 1 aliphatic carbocycles. The molecule has 1 unspecified atom stereocenters. The highest BCUT2D eigenvalue weighted by Gasteiger charge is 2.51. The Bertz CT molecular complexity index is 1610. The van der Waals surface area contributed by atoms with Gasteiger partial charge >= 0.3 is 27.6 Å². The van der Waals surface area contributed by atoms with Gasteiger partial charge in [-0.2, -0.15) is 0 Å². The molecule has 2 bridgehead atoms. The van der Waals surface area contributed by atoms with Gasteiger partial charge in [-0.15, -0.1) is 0 Å². The molecular weight excluding hydrogens is 954 g/mol. The van der Waals surface area contributed by atoms with E-state index in [1.807, 2.05) is 6.92 Å². The highest BCUT2D eigenvalue weighted by Crippen LogP contribution is 2.49. The molecule has 1 saturated carbocycles. The van der Waals surface area contributed by atoms with E-state index in [2.05, 4.69) is 19.1 Å². The van der Waals surface area contributed by atoms with Crippen molar-refractivity contribution < 1.29 is 91.9 Å². The summed E-state index contributed by atoms with van der Waals surface area (Å²) in [4.78, 5) is 70.5. The Balaban J connectivity index is 2.22. The van der Waals surface area contributed by atoms with Crippen molar-refractivity contribution in [3.63, 3.8) is 0 Å². The van der Waals surface area contributed by atoms with E-state index >= 15 is 0 Å². The second kappa shape index (κ2) is 36.1. The zero-order chi connectivity index (χ0) is 52.0. The number of unbranched alkanes of at least 4 members (excludes halogenated alkanes) is 15. The maximum absolute atomic E-state index is 13.8. The molecule has 70 heavy (non-hydrogen) atoms. The average Bonchev–Trinajstić information content (AvgIpc) is 3.30. The van der Waals surface area contributed by atoms with Crippen molar-refractivity contribution in [1.82, 2.24) is 0 Å². The molecule has 1 aliphatic heterocycles. The molecule has 0 amide bonds. The quantitative estimate of drug-likeness (QED) is 0.0171. The van der Waals surface area contributed by atoms with Crippen molar-refractivity contribution in [2.75, 3.05) is 13.2 Å². The molecule has 19 nitrogen and oxygen atoms in total. The van der Waals surface area contributed by atoms with Crippen LogP contribution in [0.25, 0.3) is 0 Å². The van der Waals surface area contributed by atoms with E-state index in [1.54, 1.807) is 0 Å². The summed E-state index contributed by atoms with van der Waals surface area (Å²) < 4.78 is 52.2. The highest BCUT2D eigenvalue weighted by molar-refractivity contribution is 7.47. The van der Waals surface area contributed by atoms with Crippen LogP contribution in [0.4, 0.5) is 0 Å². The number of esters is 2. The molecule has 21 heteroatoms. The Morgan fingerprint density at radius 1 is 0.786 bits per heavy atom. The van der Waals surface area contributed by atoms with Crippen molar-refractivity contribution in [3.8, 4) is 0 Å². The maximum atomic E-state index is 13.8. The molecule has 2 fully saturated rings. The van der Waals surface area contributed by atoms with Gasteiger partial charge in [0, 0.05) is 31.1 Å². The minimum atomic E-state index is -5.77. The van der Waals surface area contributed by atoms with Crippen LogP contribution in [0.3, 0.4) is 0 Å². The van der Waals surface area contributed by atoms with Gasteiger partial charge in [-0.3, -0.25) is 28.0 Å². The molecule has 0 aromatic heterocycles. The summed E-state index contributed by atoms with van der Waals surface area (Å²) in [6.07, 6.45) is 6.71. The normalized spacial score (nSPS) is 30.0. The fourth-order valence-corrected chi connectivity index (χ4v) is 10.3. The van der Waals surface area contributed by atoms with Crippen molar-refractivity contribution in [2.24, 2.45) is 11.8 Å². The maximum Gasteiger partial charge on any atom is 0.472 e. The molecule has 408 valence electrons. The number of cyclic esters (lactones) is 1. The zero-order valence-corrected chi connectivity index (χ0v) is 43.5. The van der Waals surface area contributed by atoms with Crippen LogP contribution in [0.2, 0.25) is 0 Å². The van der Waals surface area contributed by atoms with E-state index in [0.717, 1.165) is 70.3 Å². The van der Waals surface area contributed by atoms with Gasteiger partial charge in [0.15, 0.2) is 6.10 Å². The summed E-state index contributed by atoms with van der Waals surface area (Å²) in [5.41, 5.74) is 0. The number of aliphatic hydroxyl groups is 6. The van der Waals surface area contributed by atoms with Crippen LogP contribution in [-0.4, -0.2) is 131 Å². The fourth-order valence-electron chi connectivity index (χ4n) is 8.75. The molecule has 12 atom stereocenters. The van der Waals surface area contributed by atoms with Crippen LogP contribution in [0.15, 0.2) is 24.3 Å². The molecule has 1 saturated heterocycles. The molecule has 0 radical (unpaired) electrons. The highest BCUT2D eigenvalue weighted by atomic mass is 31.2. The Morgan fingerprint density at radius 3 is 2.00 bits per heavy atom. The topological polar surface area (TPSA) is 314 Å². The first-order valence-electron chi connectivity index (χ1n) is 26.0. The third kappa shape index (κ3) is 27.4. The van der Waals surface area contributed by atoms with E-state index in [1.165, 1.54) is 44.6 Å². The lowest BCUT2D eigenvalue weighted by Crippen LogP contribution is -2.56. The Kier molecular flexibility index (Phi) is 33.1. The lowest BCUT2D eigenvalue weighted by molar-refractivity contribution is -0.165. The number of fused-ring (bicyclic) bond motifs is 4. The first-order valence-corrected chi connectivity index (χ1v) is 29.0. The van der Waals surface area contributed by atoms with E-state index in [4.69, 9.17) is 23.0 Å². The van der Waals surface area contributed by atoms with Crippen molar-refractivity contribution in [2.45, 2.75) is 242 Å². The van der Waals surface area contributed by atoms with Crippen molar-refractivity contribution in [1.29, 1.82) is 0 Å². The first kappa shape index (κ1) is 64.2. The molecule has 2 aliphatic rings. The van der Waals surface area contributed by atoms with Gasteiger partial charge in [0.05, 0.1) is 31.0 Å². The largest absolute Gasteiger partial charge is 0.472 e. The molecule has 0 aromatic carbocycles. The number of phosphoric acid groups is 2. The molecule has 0 spiro atoms. The van der Waals surface area contributed by atoms with E-state index < -0.39 is 120 Å². The van der Waals surface area contributed by atoms with E-state index in [-0.39, 0.29) is 32.1 Å². The minimum absolute atomic E-state index is 0.0543. The predicted octanol–water partition coefficient (Wildman–Crippen LogP) is 7.10. The number of allylic oxidation sites excluding steroid dienone is 2. The van der Waals surface area contributed by atoms with E-state index in [9.17, 15) is 68.8 Å². The van der Waals surface area contributed by atoms with Crippen molar-refractivity contribution in [3.05, 3.63) is 24.3 Å². The lowest BCUT2D eigenvalue weighted by atomic mass is 9.83. The van der Waals surface area contributed by atoms with Crippen molar-refractivity contribution >= 4 is 33.4 Å². The fraction of sp³-hybridized carbons (Fsp3) is 0.857. The number of carbonyl (C=O) groups excluding carboxylic acids is 3. The standard InChI is InChI=1S/C49H88O19P2/c1-3-5-7-8-9-10-11-12-13-14-15-16-17-18-19-20-25-29-42(53)64-34-37-35-65-70(62,63)68-49-47(58)46(57)44(55)38(28-24-21-22-26-30-43(54)66-37)40(51)33-41(52)39(32-31-36(50)27-23-6-4-2)45(56)48(49)67-69(59,60)61/h12-13,31-32,36-39,41,44-50,52,55-58H,3-11,14-30,33-35H2,1-2H3,(H,62,63)(H2,59,60,61)/b13-12-,32-31+/t36-,37+,38-,39-,41+,44+,45+,46-,47+,48+,49-/m0/s1.